The van der Waals surface area contributed by atoms with Crippen LogP contribution in [-0.4, -0.2) is 23.0 Å². The minimum Gasteiger partial charge on any atom is -0.478 e. The third-order valence-electron chi connectivity index (χ3n) is 2.33. The SMILES string of the molecule is O=C(O)/C=C\C(=O)NC1CCCCC1.[Zn]. The summed E-state index contributed by atoms with van der Waals surface area (Å²) in [5.41, 5.74) is 0. The largest absolute Gasteiger partial charge is 0.478 e. The fourth-order valence-corrected chi connectivity index (χ4v) is 1.64. The van der Waals surface area contributed by atoms with Gasteiger partial charge in [0.2, 0.25) is 5.91 Å². The molecule has 0 aromatic carbocycles. The predicted molar refractivity (Wildman–Crippen MR) is 51.8 cm³/mol. The van der Waals surface area contributed by atoms with Gasteiger partial charge in [-0.05, 0) is 12.8 Å². The van der Waals surface area contributed by atoms with Gasteiger partial charge in [0.25, 0.3) is 0 Å². The summed E-state index contributed by atoms with van der Waals surface area (Å²) in [6.07, 6.45) is 7.47. The van der Waals surface area contributed by atoms with Crippen molar-refractivity contribution in [2.45, 2.75) is 38.1 Å². The second-order valence-electron chi connectivity index (χ2n) is 3.52. The van der Waals surface area contributed by atoms with E-state index < -0.39 is 5.97 Å². The summed E-state index contributed by atoms with van der Waals surface area (Å²) in [7, 11) is 0. The monoisotopic (exact) mass is 261 g/mol. The Morgan fingerprint density at radius 2 is 1.73 bits per heavy atom. The molecule has 1 fully saturated rings. The molecule has 0 spiro atoms. The van der Waals surface area contributed by atoms with E-state index in [4.69, 9.17) is 5.11 Å². The zero-order valence-electron chi connectivity index (χ0n) is 8.74. The van der Waals surface area contributed by atoms with Crippen LogP contribution >= 0.6 is 0 Å². The molecule has 1 aliphatic carbocycles. The van der Waals surface area contributed by atoms with Crippen LogP contribution in [0.2, 0.25) is 0 Å². The van der Waals surface area contributed by atoms with E-state index in [9.17, 15) is 9.59 Å². The molecular formula is C10H15NO3Zn. The summed E-state index contributed by atoms with van der Waals surface area (Å²) < 4.78 is 0. The number of amides is 1. The first-order valence-electron chi connectivity index (χ1n) is 4.90. The van der Waals surface area contributed by atoms with Crippen LogP contribution < -0.4 is 5.32 Å². The van der Waals surface area contributed by atoms with E-state index in [0.29, 0.717) is 0 Å². The van der Waals surface area contributed by atoms with E-state index in [0.717, 1.165) is 37.8 Å². The van der Waals surface area contributed by atoms with Crippen molar-refractivity contribution in [2.75, 3.05) is 0 Å². The van der Waals surface area contributed by atoms with E-state index in [-0.39, 0.29) is 31.4 Å². The van der Waals surface area contributed by atoms with Crippen LogP contribution in [0.4, 0.5) is 0 Å². The van der Waals surface area contributed by atoms with Gasteiger partial charge in [0, 0.05) is 37.7 Å². The summed E-state index contributed by atoms with van der Waals surface area (Å²) in [6.45, 7) is 0. The number of hydrogen-bond acceptors (Lipinski definition) is 2. The second kappa shape index (κ2) is 7.58. The molecule has 0 radical (unpaired) electrons. The van der Waals surface area contributed by atoms with Crippen molar-refractivity contribution in [3.05, 3.63) is 12.2 Å². The molecular weight excluding hydrogens is 248 g/mol. The number of aliphatic carboxylic acids is 1. The average Bonchev–Trinajstić information content (AvgIpc) is 2.16. The Morgan fingerprint density at radius 3 is 2.27 bits per heavy atom. The maximum absolute atomic E-state index is 11.2. The molecule has 2 N–H and O–H groups in total. The number of carboxylic acid groups (broad SMARTS) is 1. The second-order valence-corrected chi connectivity index (χ2v) is 3.52. The van der Waals surface area contributed by atoms with Crippen LogP contribution in [0.15, 0.2) is 12.2 Å². The fraction of sp³-hybridized carbons (Fsp3) is 0.600. The zero-order valence-corrected chi connectivity index (χ0v) is 11.7. The van der Waals surface area contributed by atoms with Gasteiger partial charge in [-0.25, -0.2) is 4.79 Å². The molecule has 0 atom stereocenters. The molecule has 80 valence electrons. The van der Waals surface area contributed by atoms with Gasteiger partial charge in [-0.2, -0.15) is 0 Å². The van der Waals surface area contributed by atoms with Crippen LogP contribution in [0, 0.1) is 0 Å². The molecule has 0 unspecified atom stereocenters. The number of carbonyl (C=O) groups is 2. The van der Waals surface area contributed by atoms with Gasteiger partial charge in [0.05, 0.1) is 0 Å². The van der Waals surface area contributed by atoms with Crippen molar-refractivity contribution in [3.63, 3.8) is 0 Å². The first-order chi connectivity index (χ1) is 6.68. The molecule has 15 heavy (non-hydrogen) atoms. The topological polar surface area (TPSA) is 66.4 Å². The molecule has 1 amide bonds. The molecule has 0 saturated heterocycles. The molecule has 0 aliphatic heterocycles. The first-order valence-corrected chi connectivity index (χ1v) is 4.90. The van der Waals surface area contributed by atoms with Gasteiger partial charge < -0.3 is 10.4 Å². The van der Waals surface area contributed by atoms with Crippen LogP contribution in [0.3, 0.4) is 0 Å². The molecule has 1 saturated carbocycles. The minimum absolute atomic E-state index is 0. The van der Waals surface area contributed by atoms with Crippen molar-refractivity contribution in [1.82, 2.24) is 5.32 Å². The van der Waals surface area contributed by atoms with E-state index in [1.807, 2.05) is 0 Å². The van der Waals surface area contributed by atoms with Crippen LogP contribution in [0.25, 0.3) is 0 Å². The molecule has 5 heteroatoms. The Labute approximate surface area is 102 Å². The Balaban J connectivity index is 0.00000196. The Kier molecular flexibility index (Phi) is 7.22. The van der Waals surface area contributed by atoms with Crippen molar-refractivity contribution >= 4 is 11.9 Å². The standard InChI is InChI=1S/C10H15NO3.Zn/c12-9(6-7-10(13)14)11-8-4-2-1-3-5-8;/h6-8H,1-5H2,(H,11,12)(H,13,14);/b7-6-;. The summed E-state index contributed by atoms with van der Waals surface area (Å²) in [5, 5.41) is 11.1. The summed E-state index contributed by atoms with van der Waals surface area (Å²) in [6, 6.07) is 0.231. The number of hydrogen-bond donors (Lipinski definition) is 2. The number of carbonyl (C=O) groups excluding carboxylic acids is 1. The maximum Gasteiger partial charge on any atom is 0.328 e. The van der Waals surface area contributed by atoms with Crippen molar-refractivity contribution in [1.29, 1.82) is 0 Å². The Morgan fingerprint density at radius 1 is 1.13 bits per heavy atom. The molecule has 1 aliphatic rings. The van der Waals surface area contributed by atoms with Crippen LogP contribution in [-0.2, 0) is 29.1 Å². The molecule has 0 heterocycles. The molecule has 1 rings (SSSR count). The summed E-state index contributed by atoms with van der Waals surface area (Å²) in [4.78, 5) is 21.3. The van der Waals surface area contributed by atoms with Gasteiger partial charge in [-0.15, -0.1) is 0 Å². The normalized spacial score (nSPS) is 17.1. The molecule has 0 bridgehead atoms. The van der Waals surface area contributed by atoms with Crippen LogP contribution in [0.1, 0.15) is 32.1 Å². The van der Waals surface area contributed by atoms with Gasteiger partial charge in [0.1, 0.15) is 0 Å². The van der Waals surface area contributed by atoms with Crippen molar-refractivity contribution in [3.8, 4) is 0 Å². The smallest absolute Gasteiger partial charge is 0.328 e. The average molecular weight is 263 g/mol. The fourth-order valence-electron chi connectivity index (χ4n) is 1.64. The van der Waals surface area contributed by atoms with Gasteiger partial charge in [-0.1, -0.05) is 19.3 Å². The molecule has 4 nitrogen and oxygen atoms in total. The van der Waals surface area contributed by atoms with E-state index >= 15 is 0 Å². The number of nitrogens with one attached hydrogen (secondary N) is 1. The van der Waals surface area contributed by atoms with Gasteiger partial charge >= 0.3 is 5.97 Å². The minimum atomic E-state index is -1.09. The zero-order chi connectivity index (χ0) is 10.4. The van der Waals surface area contributed by atoms with Crippen molar-refractivity contribution < 1.29 is 34.2 Å². The number of rotatable bonds is 3. The first kappa shape index (κ1) is 14.3. The summed E-state index contributed by atoms with van der Waals surface area (Å²) >= 11 is 0. The Hall–Kier alpha value is -0.697. The van der Waals surface area contributed by atoms with Crippen LogP contribution in [0.5, 0.6) is 0 Å². The summed E-state index contributed by atoms with van der Waals surface area (Å²) in [5.74, 6) is -1.40. The van der Waals surface area contributed by atoms with E-state index in [2.05, 4.69) is 5.32 Å². The third-order valence-corrected chi connectivity index (χ3v) is 2.33. The van der Waals surface area contributed by atoms with Gasteiger partial charge in [0.15, 0.2) is 0 Å². The molecule has 0 aromatic rings. The predicted octanol–water partition coefficient (Wildman–Crippen LogP) is 1.07. The third kappa shape index (κ3) is 6.39. The Bertz CT molecular complexity index is 247. The quantitative estimate of drug-likeness (QED) is 0.591. The van der Waals surface area contributed by atoms with E-state index in [1.165, 1.54) is 6.42 Å². The van der Waals surface area contributed by atoms with Crippen molar-refractivity contribution in [2.24, 2.45) is 0 Å². The number of carboxylic acids is 1. The molecule has 0 aromatic heterocycles. The maximum atomic E-state index is 11.2. The van der Waals surface area contributed by atoms with Gasteiger partial charge in [-0.3, -0.25) is 4.79 Å². The van der Waals surface area contributed by atoms with E-state index in [1.54, 1.807) is 0 Å².